The molecule has 0 bridgehead atoms. The summed E-state index contributed by atoms with van der Waals surface area (Å²) in [6, 6.07) is 34.2. The van der Waals surface area contributed by atoms with Crippen molar-refractivity contribution in [2.75, 3.05) is 5.32 Å². The van der Waals surface area contributed by atoms with Gasteiger partial charge in [-0.3, -0.25) is 9.78 Å². The highest BCUT2D eigenvalue weighted by Gasteiger charge is 2.39. The third-order valence-electron chi connectivity index (χ3n) is 5.76. The van der Waals surface area contributed by atoms with Crippen LogP contribution >= 0.6 is 0 Å². The zero-order chi connectivity index (χ0) is 22.0. The lowest BCUT2D eigenvalue weighted by Gasteiger charge is -2.28. The summed E-state index contributed by atoms with van der Waals surface area (Å²) in [5.74, 6) is -0.491. The van der Waals surface area contributed by atoms with E-state index in [0.717, 1.165) is 21.7 Å². The van der Waals surface area contributed by atoms with Crippen LogP contribution in [0.3, 0.4) is 0 Å². The van der Waals surface area contributed by atoms with Gasteiger partial charge in [0, 0.05) is 28.6 Å². The van der Waals surface area contributed by atoms with Crippen LogP contribution in [-0.2, 0) is 16.8 Å². The fourth-order valence-corrected chi connectivity index (χ4v) is 4.06. The van der Waals surface area contributed by atoms with Crippen molar-refractivity contribution in [3.05, 3.63) is 120 Å². The average Bonchev–Trinajstić information content (AvgIpc) is 2.84. The normalized spacial score (nSPS) is 13.0. The van der Waals surface area contributed by atoms with Crippen LogP contribution in [0.25, 0.3) is 21.7 Å². The Balaban J connectivity index is 1.54. The van der Waals surface area contributed by atoms with Crippen molar-refractivity contribution >= 4 is 33.3 Å². The second-order valence-corrected chi connectivity index (χ2v) is 7.88. The molecule has 4 nitrogen and oxygen atoms in total. The minimum Gasteiger partial charge on any atom is -0.375 e. The van der Waals surface area contributed by atoms with E-state index in [2.05, 4.69) is 10.3 Å². The average molecular weight is 418 g/mol. The molecule has 0 radical (unpaired) electrons. The molecular weight excluding hydrogens is 396 g/mol. The quantitative estimate of drug-likeness (QED) is 0.399. The van der Waals surface area contributed by atoms with E-state index in [1.807, 2.05) is 97.1 Å². The lowest BCUT2D eigenvalue weighted by molar-refractivity contribution is -0.135. The number of benzene rings is 4. The number of pyridine rings is 1. The summed E-state index contributed by atoms with van der Waals surface area (Å²) in [7, 11) is 0. The van der Waals surface area contributed by atoms with Crippen LogP contribution in [-0.4, -0.2) is 16.0 Å². The van der Waals surface area contributed by atoms with Crippen molar-refractivity contribution in [1.29, 1.82) is 0 Å². The Morgan fingerprint density at radius 1 is 0.750 bits per heavy atom. The zero-order valence-corrected chi connectivity index (χ0v) is 17.4. The minimum atomic E-state index is -1.78. The fraction of sp³-hybridized carbons (Fsp3) is 0.0714. The number of anilines is 1. The molecule has 0 aliphatic heterocycles. The van der Waals surface area contributed by atoms with Crippen LogP contribution in [0.5, 0.6) is 0 Å². The number of hydrogen-bond acceptors (Lipinski definition) is 3. The Morgan fingerprint density at radius 2 is 1.44 bits per heavy atom. The molecule has 5 aromatic rings. The number of aliphatic hydroxyl groups is 1. The summed E-state index contributed by atoms with van der Waals surface area (Å²) in [6.45, 7) is 0. The van der Waals surface area contributed by atoms with E-state index in [1.165, 1.54) is 0 Å². The molecular formula is C28H22N2O2. The molecule has 0 aliphatic carbocycles. The van der Waals surface area contributed by atoms with E-state index in [9.17, 15) is 9.90 Å². The van der Waals surface area contributed by atoms with Crippen LogP contribution in [0.2, 0.25) is 0 Å². The molecule has 1 heterocycles. The van der Waals surface area contributed by atoms with Crippen LogP contribution in [0, 0.1) is 0 Å². The van der Waals surface area contributed by atoms with Crippen molar-refractivity contribution in [3.8, 4) is 0 Å². The number of carbonyl (C=O) groups is 1. The summed E-state index contributed by atoms with van der Waals surface area (Å²) in [4.78, 5) is 18.2. The maximum Gasteiger partial charge on any atom is 0.261 e. The fourth-order valence-electron chi connectivity index (χ4n) is 4.06. The van der Waals surface area contributed by atoms with Crippen molar-refractivity contribution in [3.63, 3.8) is 0 Å². The SMILES string of the molecule is O=C(Nc1cccc2ccccc12)C(O)(Cc1ccc2ccccc2n1)c1ccccc1. The molecule has 0 fully saturated rings. The lowest BCUT2D eigenvalue weighted by atomic mass is 9.87. The molecule has 0 spiro atoms. The molecule has 4 aromatic carbocycles. The van der Waals surface area contributed by atoms with Gasteiger partial charge in [-0.15, -0.1) is 0 Å². The smallest absolute Gasteiger partial charge is 0.261 e. The maximum atomic E-state index is 13.6. The number of fused-ring (bicyclic) bond motifs is 2. The van der Waals surface area contributed by atoms with Gasteiger partial charge in [0.05, 0.1) is 5.52 Å². The first-order valence-corrected chi connectivity index (χ1v) is 10.6. The van der Waals surface area contributed by atoms with Gasteiger partial charge in [0.25, 0.3) is 5.91 Å². The van der Waals surface area contributed by atoms with E-state index in [1.54, 1.807) is 12.1 Å². The van der Waals surface area contributed by atoms with Gasteiger partial charge in [-0.05, 0) is 29.1 Å². The van der Waals surface area contributed by atoms with Crippen molar-refractivity contribution < 1.29 is 9.90 Å². The third-order valence-corrected chi connectivity index (χ3v) is 5.76. The van der Waals surface area contributed by atoms with Crippen molar-refractivity contribution in [2.24, 2.45) is 0 Å². The van der Waals surface area contributed by atoms with Gasteiger partial charge in [0.15, 0.2) is 5.60 Å². The first-order valence-electron chi connectivity index (χ1n) is 10.6. The highest BCUT2D eigenvalue weighted by Crippen LogP contribution is 2.30. The standard InChI is InChI=1S/C28H22N2O2/c31-27(30-26-16-8-11-20-9-4-6-14-24(20)26)28(32,22-12-2-1-3-13-22)19-23-18-17-21-10-5-7-15-25(21)29-23/h1-18,32H,19H2,(H,30,31). The number of nitrogens with one attached hydrogen (secondary N) is 1. The van der Waals surface area contributed by atoms with Gasteiger partial charge < -0.3 is 10.4 Å². The van der Waals surface area contributed by atoms with Gasteiger partial charge in [0.1, 0.15) is 0 Å². The Hall–Kier alpha value is -4.02. The highest BCUT2D eigenvalue weighted by atomic mass is 16.3. The Kier molecular flexibility index (Phi) is 5.13. The molecule has 1 atom stereocenters. The number of amides is 1. The van der Waals surface area contributed by atoms with E-state index in [4.69, 9.17) is 0 Å². The molecule has 1 aromatic heterocycles. The molecule has 0 aliphatic rings. The molecule has 0 saturated heterocycles. The topological polar surface area (TPSA) is 62.2 Å². The Morgan fingerprint density at radius 3 is 2.28 bits per heavy atom. The highest BCUT2D eigenvalue weighted by molar-refractivity contribution is 6.05. The minimum absolute atomic E-state index is 0.0540. The summed E-state index contributed by atoms with van der Waals surface area (Å²) < 4.78 is 0. The number of aromatic nitrogens is 1. The van der Waals surface area contributed by atoms with Gasteiger partial charge in [-0.1, -0.05) is 91.0 Å². The molecule has 4 heteroatoms. The van der Waals surface area contributed by atoms with Crippen molar-refractivity contribution in [2.45, 2.75) is 12.0 Å². The second kappa shape index (κ2) is 8.25. The summed E-state index contributed by atoms with van der Waals surface area (Å²) in [5.41, 5.74) is 0.868. The van der Waals surface area contributed by atoms with Gasteiger partial charge in [-0.25, -0.2) is 0 Å². The molecule has 0 saturated carbocycles. The summed E-state index contributed by atoms with van der Waals surface area (Å²) in [6.07, 6.45) is 0.0540. The molecule has 32 heavy (non-hydrogen) atoms. The van der Waals surface area contributed by atoms with E-state index < -0.39 is 11.5 Å². The molecule has 1 amide bonds. The zero-order valence-electron chi connectivity index (χ0n) is 17.4. The van der Waals surface area contributed by atoms with Gasteiger partial charge in [0.2, 0.25) is 0 Å². The maximum absolute atomic E-state index is 13.6. The number of carbonyl (C=O) groups excluding carboxylic acids is 1. The number of hydrogen-bond donors (Lipinski definition) is 2. The Bertz CT molecular complexity index is 1410. The molecule has 156 valence electrons. The molecule has 5 rings (SSSR count). The predicted octanol–water partition coefficient (Wildman–Crippen LogP) is 5.46. The van der Waals surface area contributed by atoms with E-state index in [0.29, 0.717) is 16.9 Å². The number of nitrogens with zero attached hydrogens (tertiary/aromatic N) is 1. The van der Waals surface area contributed by atoms with Crippen LogP contribution < -0.4 is 5.32 Å². The number of rotatable bonds is 5. The lowest BCUT2D eigenvalue weighted by Crippen LogP contribution is -2.42. The Labute approximate surface area is 186 Å². The van der Waals surface area contributed by atoms with E-state index >= 15 is 0 Å². The first kappa shape index (κ1) is 19.9. The third kappa shape index (κ3) is 3.72. The second-order valence-electron chi connectivity index (χ2n) is 7.88. The molecule has 2 N–H and O–H groups in total. The molecule has 1 unspecified atom stereocenters. The predicted molar refractivity (Wildman–Crippen MR) is 128 cm³/mol. The first-order chi connectivity index (χ1) is 15.6. The van der Waals surface area contributed by atoms with Crippen LogP contribution in [0.4, 0.5) is 5.69 Å². The van der Waals surface area contributed by atoms with Gasteiger partial charge in [-0.2, -0.15) is 0 Å². The summed E-state index contributed by atoms with van der Waals surface area (Å²) in [5, 5.41) is 17.7. The van der Waals surface area contributed by atoms with Crippen LogP contribution in [0.15, 0.2) is 109 Å². The van der Waals surface area contributed by atoms with E-state index in [-0.39, 0.29) is 6.42 Å². The summed E-state index contributed by atoms with van der Waals surface area (Å²) >= 11 is 0. The van der Waals surface area contributed by atoms with Crippen molar-refractivity contribution in [1.82, 2.24) is 4.98 Å². The monoisotopic (exact) mass is 418 g/mol. The number of para-hydroxylation sites is 1. The van der Waals surface area contributed by atoms with Gasteiger partial charge >= 0.3 is 0 Å². The van der Waals surface area contributed by atoms with Crippen LogP contribution in [0.1, 0.15) is 11.3 Å². The largest absolute Gasteiger partial charge is 0.375 e.